The van der Waals surface area contributed by atoms with Gasteiger partial charge in [-0.2, -0.15) is 0 Å². The summed E-state index contributed by atoms with van der Waals surface area (Å²) in [5, 5.41) is 20.6. The van der Waals surface area contributed by atoms with Gasteiger partial charge in [-0.05, 0) is 69.3 Å². The van der Waals surface area contributed by atoms with Crippen LogP contribution in [-0.2, 0) is 52.2 Å². The van der Waals surface area contributed by atoms with Crippen molar-refractivity contribution in [2.24, 2.45) is 11.8 Å². The second kappa shape index (κ2) is 14.5. The van der Waals surface area contributed by atoms with Crippen molar-refractivity contribution in [1.29, 1.82) is 0 Å². The Morgan fingerprint density at radius 1 is 0.667 bits per heavy atom. The highest BCUT2D eigenvalue weighted by molar-refractivity contribution is 5.70. The smallest absolute Gasteiger partial charge is 0.308 e. The molecule has 302 valence electrons. The van der Waals surface area contributed by atoms with Crippen LogP contribution < -0.4 is 0 Å². The number of hydrogen-bond acceptors (Lipinski definition) is 13. The van der Waals surface area contributed by atoms with E-state index in [9.17, 15) is 15.0 Å². The summed E-state index contributed by atoms with van der Waals surface area (Å²) >= 11 is 0. The van der Waals surface area contributed by atoms with Crippen molar-refractivity contribution in [2.75, 3.05) is 6.61 Å². The van der Waals surface area contributed by atoms with Crippen LogP contribution in [0.25, 0.3) is 0 Å². The number of hydrogen-bond donors (Lipinski definition) is 2. The molecule has 0 saturated carbocycles. The first-order valence-corrected chi connectivity index (χ1v) is 21.2. The number of fused-ring (bicyclic) bond motifs is 7. The summed E-state index contributed by atoms with van der Waals surface area (Å²) in [6, 6.07) is 0. The molecule has 0 radical (unpaired) electrons. The van der Waals surface area contributed by atoms with E-state index >= 15 is 0 Å². The van der Waals surface area contributed by atoms with E-state index in [1.165, 1.54) is 0 Å². The summed E-state index contributed by atoms with van der Waals surface area (Å²) in [7, 11) is 0. The van der Waals surface area contributed by atoms with E-state index in [2.05, 4.69) is 20.4 Å². The molecule has 13 nitrogen and oxygen atoms in total. The molecule has 11 fully saturated rings. The lowest BCUT2D eigenvalue weighted by atomic mass is 9.80. The monoisotopic (exact) mass is 760 g/mol. The van der Waals surface area contributed by atoms with Gasteiger partial charge in [-0.3, -0.25) is 4.79 Å². The third kappa shape index (κ3) is 6.72. The van der Waals surface area contributed by atoms with Crippen LogP contribution in [0.5, 0.6) is 0 Å². The number of ether oxygens (including phenoxy) is 10. The van der Waals surface area contributed by atoms with Gasteiger partial charge in [0.15, 0.2) is 5.79 Å². The zero-order valence-corrected chi connectivity index (χ0v) is 31.7. The predicted octanol–water partition coefficient (Wildman–Crippen LogP) is 3.42. The Labute approximate surface area is 317 Å². The van der Waals surface area contributed by atoms with E-state index in [1.807, 2.05) is 0 Å². The van der Waals surface area contributed by atoms with Crippen molar-refractivity contribution >= 4 is 5.97 Å². The van der Waals surface area contributed by atoms with Crippen molar-refractivity contribution in [3.63, 3.8) is 0 Å². The SMILES string of the molecule is C=C1CC2CC[C@@]34CC5OC6C(O3)[C@H]3OC(CCC3O[C@H]6C5O4)CC(=O)OC3[C@@H](C)C4OC(CCO)C(O)CC4O[C@H]3CC3CC(C)CC(CC[C@@H]1O2)O3. The Kier molecular flexibility index (Phi) is 9.99. The fraction of sp³-hybridized carbons (Fsp3) is 0.927. The zero-order valence-electron chi connectivity index (χ0n) is 31.7. The third-order valence-corrected chi connectivity index (χ3v) is 14.6. The molecule has 11 rings (SSSR count). The van der Waals surface area contributed by atoms with Gasteiger partial charge in [-0.1, -0.05) is 20.4 Å². The van der Waals surface area contributed by atoms with Gasteiger partial charge in [0, 0.05) is 38.2 Å². The minimum absolute atomic E-state index is 0.00957. The molecule has 0 aromatic heterocycles. The van der Waals surface area contributed by atoms with Gasteiger partial charge in [0.05, 0.1) is 79.7 Å². The van der Waals surface area contributed by atoms with E-state index in [0.717, 1.165) is 50.5 Å². The second-order valence-corrected chi connectivity index (χ2v) is 18.5. The largest absolute Gasteiger partial charge is 0.459 e. The summed E-state index contributed by atoms with van der Waals surface area (Å²) in [5.74, 6) is -0.876. The van der Waals surface area contributed by atoms with Crippen LogP contribution in [-0.4, -0.2) is 138 Å². The molecule has 11 saturated heterocycles. The molecule has 11 aliphatic rings. The number of aliphatic hydroxyl groups is 2. The van der Waals surface area contributed by atoms with Gasteiger partial charge in [0.2, 0.25) is 0 Å². The van der Waals surface area contributed by atoms with Crippen LogP contribution in [0, 0.1) is 11.8 Å². The highest BCUT2D eigenvalue weighted by Crippen LogP contribution is 2.54. The lowest BCUT2D eigenvalue weighted by molar-refractivity contribution is -0.293. The zero-order chi connectivity index (χ0) is 36.9. The standard InChI is InChI=1S/C41H60O13/c1-19-12-22-4-6-27-20(2)14-24(46-27)8-10-41-18-32-37(53-41)38-39(51-32)40(54-41)36-29(50-38)7-5-23(47-36)16-33(44)52-35-21(3)34-31(17-26(43)28(49-34)9-11-42)48-30(35)15-25(13-19)45-22/h19,21-32,34-40,42-43H,2,4-18H2,1,3H3/t19?,21-,22?,23?,24?,25?,26?,27-,28?,29?,30-,31?,32?,34?,35?,36-,37?,38-,39?,40?,41-/m0/s1. The Balaban J connectivity index is 0.924. The van der Waals surface area contributed by atoms with E-state index in [4.69, 9.17) is 47.4 Å². The number of aliphatic hydroxyl groups excluding tert-OH is 2. The second-order valence-electron chi connectivity index (χ2n) is 18.5. The van der Waals surface area contributed by atoms with Crippen LogP contribution >= 0.6 is 0 Å². The van der Waals surface area contributed by atoms with Crippen molar-refractivity contribution in [2.45, 2.75) is 219 Å². The average Bonchev–Trinajstić information content (AvgIpc) is 3.72. The summed E-state index contributed by atoms with van der Waals surface area (Å²) < 4.78 is 66.8. The Bertz CT molecular complexity index is 1410. The molecule has 21 atom stereocenters. The highest BCUT2D eigenvalue weighted by Gasteiger charge is 2.69. The highest BCUT2D eigenvalue weighted by atomic mass is 16.8. The van der Waals surface area contributed by atoms with Crippen LogP contribution in [0.1, 0.15) is 104 Å². The Morgan fingerprint density at radius 3 is 2.30 bits per heavy atom. The fourth-order valence-corrected chi connectivity index (χ4v) is 12.0. The summed E-state index contributed by atoms with van der Waals surface area (Å²) in [4.78, 5) is 14.0. The number of rotatable bonds is 2. The maximum atomic E-state index is 14.0. The molecule has 11 aliphatic heterocycles. The maximum Gasteiger partial charge on any atom is 0.308 e. The molecule has 0 aliphatic carbocycles. The third-order valence-electron chi connectivity index (χ3n) is 14.6. The lowest BCUT2D eigenvalue weighted by Gasteiger charge is -2.51. The maximum absolute atomic E-state index is 14.0. The summed E-state index contributed by atoms with van der Waals surface area (Å²) in [6.07, 6.45) is 4.40. The number of carbonyl (C=O) groups excluding carboxylic acids is 1. The lowest BCUT2D eigenvalue weighted by Crippen LogP contribution is -2.62. The molecular formula is C41H60O13. The van der Waals surface area contributed by atoms with Crippen LogP contribution in [0.15, 0.2) is 12.2 Å². The first-order valence-electron chi connectivity index (χ1n) is 21.2. The van der Waals surface area contributed by atoms with Crippen molar-refractivity contribution in [3.05, 3.63) is 12.2 Å². The van der Waals surface area contributed by atoms with Gasteiger partial charge in [0.25, 0.3) is 0 Å². The van der Waals surface area contributed by atoms with E-state index in [-0.39, 0.29) is 104 Å². The van der Waals surface area contributed by atoms with Crippen molar-refractivity contribution in [3.8, 4) is 0 Å². The molecule has 11 heterocycles. The van der Waals surface area contributed by atoms with Crippen molar-refractivity contribution in [1.82, 2.24) is 0 Å². The summed E-state index contributed by atoms with van der Waals surface area (Å²) in [5.41, 5.74) is 1.14. The molecule has 12 bridgehead atoms. The molecule has 0 amide bonds. The summed E-state index contributed by atoms with van der Waals surface area (Å²) in [6.45, 7) is 8.69. The topological polar surface area (TPSA) is 150 Å². The molecule has 0 aromatic carbocycles. The van der Waals surface area contributed by atoms with Crippen LogP contribution in [0.3, 0.4) is 0 Å². The van der Waals surface area contributed by atoms with Gasteiger partial charge in [-0.15, -0.1) is 0 Å². The van der Waals surface area contributed by atoms with Gasteiger partial charge in [-0.25, -0.2) is 0 Å². The van der Waals surface area contributed by atoms with Gasteiger partial charge >= 0.3 is 5.97 Å². The molecular weight excluding hydrogens is 700 g/mol. The average molecular weight is 761 g/mol. The number of carbonyl (C=O) groups is 1. The molecule has 1 spiro atoms. The van der Waals surface area contributed by atoms with Crippen LogP contribution in [0.4, 0.5) is 0 Å². The van der Waals surface area contributed by atoms with E-state index in [0.29, 0.717) is 44.4 Å². The van der Waals surface area contributed by atoms with E-state index < -0.39 is 36.3 Å². The number of esters is 1. The minimum atomic E-state index is -0.796. The normalized spacial score (nSPS) is 55.7. The Hall–Kier alpha value is -1.23. The van der Waals surface area contributed by atoms with E-state index in [1.54, 1.807) is 0 Å². The fourth-order valence-electron chi connectivity index (χ4n) is 12.0. The van der Waals surface area contributed by atoms with Crippen molar-refractivity contribution < 1.29 is 62.4 Å². The van der Waals surface area contributed by atoms with Crippen LogP contribution in [0.2, 0.25) is 0 Å². The molecule has 2 N–H and O–H groups in total. The predicted molar refractivity (Wildman–Crippen MR) is 188 cm³/mol. The molecule has 0 aromatic rings. The molecule has 54 heavy (non-hydrogen) atoms. The molecule has 15 unspecified atom stereocenters. The quantitative estimate of drug-likeness (QED) is 0.313. The van der Waals surface area contributed by atoms with Gasteiger partial charge < -0.3 is 57.6 Å². The molecule has 13 heteroatoms. The Morgan fingerprint density at radius 2 is 1.43 bits per heavy atom. The first kappa shape index (κ1) is 37.1. The minimum Gasteiger partial charge on any atom is -0.459 e. The van der Waals surface area contributed by atoms with Gasteiger partial charge in [0.1, 0.15) is 36.6 Å². The first-order chi connectivity index (χ1) is 26.1.